The zero-order valence-electron chi connectivity index (χ0n) is 11.9. The third-order valence-electron chi connectivity index (χ3n) is 4.31. The van der Waals surface area contributed by atoms with Gasteiger partial charge in [0.25, 0.3) is 0 Å². The monoisotopic (exact) mass is 220 g/mol. The van der Waals surface area contributed by atoms with Crippen LogP contribution in [0.4, 0.5) is 0 Å². The molecule has 1 aliphatic carbocycles. The van der Waals surface area contributed by atoms with E-state index in [1.54, 1.807) is 0 Å². The maximum absolute atomic E-state index is 5.83. The van der Waals surface area contributed by atoms with Gasteiger partial charge in [-0.05, 0) is 35.5 Å². The van der Waals surface area contributed by atoms with Crippen molar-refractivity contribution in [3.05, 3.63) is 0 Å². The summed E-state index contributed by atoms with van der Waals surface area (Å²) in [6.45, 7) is 14.0. The normalized spacial score (nSPS) is 32.2. The van der Waals surface area contributed by atoms with Crippen molar-refractivity contribution < 1.29 is 0 Å². The summed E-state index contributed by atoms with van der Waals surface area (Å²) >= 11 is 0. The van der Waals surface area contributed by atoms with Crippen LogP contribution >= 0.6 is 0 Å². The lowest BCUT2D eigenvalue weighted by atomic mass is 9.57. The lowest BCUT2D eigenvalue weighted by molar-refractivity contribution is 0.0403. The summed E-state index contributed by atoms with van der Waals surface area (Å²) in [4.78, 5) is 0. The third-order valence-corrected chi connectivity index (χ3v) is 4.31. The van der Waals surface area contributed by atoms with E-state index in [-0.39, 0.29) is 0 Å². The maximum atomic E-state index is 5.83. The molecule has 0 radical (unpaired) electrons. The fraction of sp³-hybridized carbons (Fsp3) is 0.875. The van der Waals surface area contributed by atoms with Gasteiger partial charge >= 0.3 is 0 Å². The van der Waals surface area contributed by atoms with Crippen LogP contribution in [0.2, 0.25) is 0 Å². The van der Waals surface area contributed by atoms with Crippen LogP contribution in [0.1, 0.15) is 60.8 Å². The first-order valence-corrected chi connectivity index (χ1v) is 6.64. The molecule has 0 N–H and O–H groups in total. The van der Waals surface area contributed by atoms with E-state index in [0.29, 0.717) is 28.6 Å². The van der Waals surface area contributed by atoms with E-state index in [1.807, 2.05) is 0 Å². The highest BCUT2D eigenvalue weighted by Gasteiger charge is 2.42. The van der Waals surface area contributed by atoms with Gasteiger partial charge in [-0.15, -0.1) is 12.3 Å². The van der Waals surface area contributed by atoms with Crippen LogP contribution in [0.15, 0.2) is 0 Å². The first kappa shape index (κ1) is 13.6. The van der Waals surface area contributed by atoms with Crippen molar-refractivity contribution in [1.82, 2.24) is 0 Å². The largest absolute Gasteiger partial charge is 0.120 e. The standard InChI is InChI=1S/C16H28/c1-8-12-13(15(2,3)4)10-9-11-14(12)16(5,6)7/h1,12-14H,9-11H2,2-7H3. The van der Waals surface area contributed by atoms with Gasteiger partial charge in [0.1, 0.15) is 0 Å². The van der Waals surface area contributed by atoms with E-state index >= 15 is 0 Å². The summed E-state index contributed by atoms with van der Waals surface area (Å²) in [5.74, 6) is 4.96. The Morgan fingerprint density at radius 1 is 0.875 bits per heavy atom. The molecule has 0 aromatic heterocycles. The molecule has 0 heteroatoms. The minimum Gasteiger partial charge on any atom is -0.120 e. The molecule has 0 spiro atoms. The lowest BCUT2D eigenvalue weighted by Gasteiger charge is -2.47. The molecule has 2 unspecified atom stereocenters. The molecule has 0 amide bonds. The summed E-state index contributed by atoms with van der Waals surface area (Å²) in [7, 11) is 0. The van der Waals surface area contributed by atoms with Gasteiger partial charge in [-0.25, -0.2) is 0 Å². The summed E-state index contributed by atoms with van der Waals surface area (Å²) < 4.78 is 0. The molecule has 0 bridgehead atoms. The Morgan fingerprint density at radius 3 is 1.50 bits per heavy atom. The smallest absolute Gasteiger partial charge is 0.0266 e. The molecule has 1 rings (SSSR count). The first-order valence-electron chi connectivity index (χ1n) is 6.64. The van der Waals surface area contributed by atoms with Crippen LogP contribution in [0, 0.1) is 40.9 Å². The molecule has 0 saturated heterocycles. The number of hydrogen-bond acceptors (Lipinski definition) is 0. The van der Waals surface area contributed by atoms with E-state index in [9.17, 15) is 0 Å². The second kappa shape index (κ2) is 4.44. The Hall–Kier alpha value is -0.440. The Bertz CT molecular complexity index is 244. The zero-order chi connectivity index (χ0) is 12.6. The van der Waals surface area contributed by atoms with Crippen LogP contribution < -0.4 is 0 Å². The average Bonchev–Trinajstić information content (AvgIpc) is 2.13. The molecular weight excluding hydrogens is 192 g/mol. The van der Waals surface area contributed by atoms with Gasteiger partial charge in [-0.3, -0.25) is 0 Å². The topological polar surface area (TPSA) is 0 Å². The molecular formula is C16H28. The summed E-state index contributed by atoms with van der Waals surface area (Å²) in [5.41, 5.74) is 0.696. The molecule has 2 atom stereocenters. The molecule has 0 aromatic carbocycles. The average molecular weight is 220 g/mol. The highest BCUT2D eigenvalue weighted by molar-refractivity contribution is 5.06. The Labute approximate surface area is 102 Å². The van der Waals surface area contributed by atoms with E-state index < -0.39 is 0 Å². The molecule has 16 heavy (non-hydrogen) atoms. The Kier molecular flexibility index (Phi) is 3.78. The fourth-order valence-corrected chi connectivity index (χ4v) is 3.37. The van der Waals surface area contributed by atoms with E-state index in [2.05, 4.69) is 47.5 Å². The van der Waals surface area contributed by atoms with Gasteiger partial charge in [0.2, 0.25) is 0 Å². The quantitative estimate of drug-likeness (QED) is 0.517. The molecule has 0 aliphatic heterocycles. The molecule has 92 valence electrons. The fourth-order valence-electron chi connectivity index (χ4n) is 3.37. The van der Waals surface area contributed by atoms with Gasteiger partial charge < -0.3 is 0 Å². The highest BCUT2D eigenvalue weighted by Crippen LogP contribution is 2.49. The van der Waals surface area contributed by atoms with Crippen molar-refractivity contribution >= 4 is 0 Å². The Morgan fingerprint density at radius 2 is 1.25 bits per heavy atom. The predicted molar refractivity (Wildman–Crippen MR) is 72.1 cm³/mol. The minimum atomic E-state index is 0.348. The van der Waals surface area contributed by atoms with Gasteiger partial charge in [-0.1, -0.05) is 48.0 Å². The van der Waals surface area contributed by atoms with Crippen molar-refractivity contribution in [3.8, 4) is 12.3 Å². The number of hydrogen-bond donors (Lipinski definition) is 0. The van der Waals surface area contributed by atoms with Crippen molar-refractivity contribution in [2.75, 3.05) is 0 Å². The molecule has 0 heterocycles. The van der Waals surface area contributed by atoms with Gasteiger partial charge in [-0.2, -0.15) is 0 Å². The highest BCUT2D eigenvalue weighted by atomic mass is 14.5. The van der Waals surface area contributed by atoms with Crippen molar-refractivity contribution in [2.24, 2.45) is 28.6 Å². The summed E-state index contributed by atoms with van der Waals surface area (Å²) in [6, 6.07) is 0. The third kappa shape index (κ3) is 2.82. The minimum absolute atomic E-state index is 0.348. The SMILES string of the molecule is C#CC1C(C(C)(C)C)CCCC1C(C)(C)C. The zero-order valence-corrected chi connectivity index (χ0v) is 11.9. The number of rotatable bonds is 0. The second-order valence-electron chi connectivity index (χ2n) is 7.57. The van der Waals surface area contributed by atoms with E-state index in [4.69, 9.17) is 6.42 Å². The molecule has 0 nitrogen and oxygen atoms in total. The molecule has 0 aromatic rings. The van der Waals surface area contributed by atoms with Crippen LogP contribution in [-0.4, -0.2) is 0 Å². The summed E-state index contributed by atoms with van der Waals surface area (Å²) in [5, 5.41) is 0. The van der Waals surface area contributed by atoms with Crippen LogP contribution in [0.5, 0.6) is 0 Å². The summed E-state index contributed by atoms with van der Waals surface area (Å²) in [6.07, 6.45) is 9.80. The van der Waals surface area contributed by atoms with E-state index in [0.717, 1.165) is 0 Å². The lowest BCUT2D eigenvalue weighted by Crippen LogP contribution is -2.40. The van der Waals surface area contributed by atoms with Gasteiger partial charge in [0, 0.05) is 5.92 Å². The van der Waals surface area contributed by atoms with Gasteiger partial charge in [0.05, 0.1) is 0 Å². The second-order valence-corrected chi connectivity index (χ2v) is 7.57. The van der Waals surface area contributed by atoms with Crippen molar-refractivity contribution in [1.29, 1.82) is 0 Å². The molecule has 1 fully saturated rings. The number of terminal acetylenes is 1. The molecule has 1 aliphatic rings. The molecule has 1 saturated carbocycles. The Balaban J connectivity index is 2.96. The van der Waals surface area contributed by atoms with Crippen LogP contribution in [-0.2, 0) is 0 Å². The van der Waals surface area contributed by atoms with Crippen molar-refractivity contribution in [3.63, 3.8) is 0 Å². The van der Waals surface area contributed by atoms with Crippen LogP contribution in [0.25, 0.3) is 0 Å². The van der Waals surface area contributed by atoms with Crippen molar-refractivity contribution in [2.45, 2.75) is 60.8 Å². The van der Waals surface area contributed by atoms with Gasteiger partial charge in [0.15, 0.2) is 0 Å². The first-order chi connectivity index (χ1) is 7.18. The van der Waals surface area contributed by atoms with Crippen LogP contribution in [0.3, 0.4) is 0 Å². The van der Waals surface area contributed by atoms with E-state index in [1.165, 1.54) is 19.3 Å². The maximum Gasteiger partial charge on any atom is 0.0266 e. The predicted octanol–water partition coefficient (Wildman–Crippen LogP) is 4.74.